The van der Waals surface area contributed by atoms with Gasteiger partial charge in [-0.3, -0.25) is 14.5 Å². The van der Waals surface area contributed by atoms with Gasteiger partial charge in [0.25, 0.3) is 0 Å². The maximum atomic E-state index is 13.0. The van der Waals surface area contributed by atoms with Crippen LogP contribution in [0.15, 0.2) is 36.4 Å². The molecule has 0 unspecified atom stereocenters. The van der Waals surface area contributed by atoms with Crippen LogP contribution in [0, 0.1) is 11.8 Å². The highest BCUT2D eigenvalue weighted by molar-refractivity contribution is 5.86. The molecule has 4 atom stereocenters. The van der Waals surface area contributed by atoms with Gasteiger partial charge in [0.05, 0.1) is 24.0 Å². The highest BCUT2D eigenvalue weighted by Crippen LogP contribution is 2.44. The van der Waals surface area contributed by atoms with Crippen molar-refractivity contribution in [2.45, 2.75) is 25.0 Å². The number of carboxylic acids is 1. The second-order valence-electron chi connectivity index (χ2n) is 7.62. The normalized spacial score (nSPS) is 30.9. The number of piperazine rings is 1. The van der Waals surface area contributed by atoms with E-state index in [0.717, 1.165) is 32.5 Å². The summed E-state index contributed by atoms with van der Waals surface area (Å²) in [7, 11) is 0. The minimum absolute atomic E-state index is 0.0333. The molecule has 144 valence electrons. The molecule has 27 heavy (non-hydrogen) atoms. The lowest BCUT2D eigenvalue weighted by Crippen LogP contribution is -2.53. The first-order valence-electron chi connectivity index (χ1n) is 9.74. The second-order valence-corrected chi connectivity index (χ2v) is 7.62. The SMILES string of the molecule is O=C(O)[C@@H]1[C@@H](C(=O)N2CCN(C/C=C/c3ccccc3)CC2)[C@H]2CC[C@H]1O2. The van der Waals surface area contributed by atoms with Crippen molar-refractivity contribution < 1.29 is 19.4 Å². The molecule has 1 N–H and O–H groups in total. The van der Waals surface area contributed by atoms with Crippen LogP contribution in [0.4, 0.5) is 0 Å². The summed E-state index contributed by atoms with van der Waals surface area (Å²) in [6.45, 7) is 3.77. The fourth-order valence-corrected chi connectivity index (χ4v) is 4.57. The van der Waals surface area contributed by atoms with Gasteiger partial charge in [-0.25, -0.2) is 0 Å². The van der Waals surface area contributed by atoms with E-state index in [2.05, 4.69) is 29.2 Å². The molecule has 1 amide bonds. The minimum atomic E-state index is -0.898. The van der Waals surface area contributed by atoms with E-state index in [1.54, 1.807) is 0 Å². The summed E-state index contributed by atoms with van der Waals surface area (Å²) in [5.74, 6) is -2.12. The van der Waals surface area contributed by atoms with Crippen LogP contribution in [0.3, 0.4) is 0 Å². The topological polar surface area (TPSA) is 70.1 Å². The molecule has 2 bridgehead atoms. The lowest BCUT2D eigenvalue weighted by atomic mass is 9.78. The number of carboxylic acid groups (broad SMARTS) is 1. The van der Waals surface area contributed by atoms with E-state index in [9.17, 15) is 14.7 Å². The third-order valence-corrected chi connectivity index (χ3v) is 6.00. The van der Waals surface area contributed by atoms with E-state index in [1.165, 1.54) is 5.56 Å². The van der Waals surface area contributed by atoms with Crippen LogP contribution in [0.5, 0.6) is 0 Å². The molecule has 3 heterocycles. The van der Waals surface area contributed by atoms with Crippen molar-refractivity contribution in [3.8, 4) is 0 Å². The van der Waals surface area contributed by atoms with E-state index in [-0.39, 0.29) is 18.1 Å². The molecular formula is C21H26N2O4. The summed E-state index contributed by atoms with van der Waals surface area (Å²) in [6.07, 6.45) is 5.32. The number of fused-ring (bicyclic) bond motifs is 2. The van der Waals surface area contributed by atoms with Gasteiger partial charge in [0.15, 0.2) is 0 Å². The summed E-state index contributed by atoms with van der Waals surface area (Å²) >= 11 is 0. The Morgan fingerprint density at radius 3 is 2.37 bits per heavy atom. The Labute approximate surface area is 159 Å². The molecule has 1 aromatic rings. The fraction of sp³-hybridized carbons (Fsp3) is 0.524. The lowest BCUT2D eigenvalue weighted by Gasteiger charge is -2.37. The van der Waals surface area contributed by atoms with Crippen molar-refractivity contribution in [3.05, 3.63) is 42.0 Å². The summed E-state index contributed by atoms with van der Waals surface area (Å²) < 4.78 is 5.74. The summed E-state index contributed by atoms with van der Waals surface area (Å²) in [4.78, 5) is 28.7. The van der Waals surface area contributed by atoms with Crippen molar-refractivity contribution in [2.24, 2.45) is 11.8 Å². The van der Waals surface area contributed by atoms with E-state index in [1.807, 2.05) is 23.1 Å². The number of carbonyl (C=O) groups is 2. The zero-order valence-electron chi connectivity index (χ0n) is 15.4. The standard InChI is InChI=1S/C21H26N2O4/c24-20(18-16-8-9-17(27-16)19(18)21(25)26)23-13-11-22(12-14-23)10-4-7-15-5-2-1-3-6-15/h1-7,16-19H,8-14H2,(H,25,26)/b7-4+/t16-,17-,18+,19+/m1/s1. The number of amides is 1. The predicted octanol–water partition coefficient (Wildman–Crippen LogP) is 1.72. The zero-order chi connectivity index (χ0) is 18.8. The first-order valence-corrected chi connectivity index (χ1v) is 9.74. The van der Waals surface area contributed by atoms with Gasteiger partial charge in [0, 0.05) is 32.7 Å². The van der Waals surface area contributed by atoms with Gasteiger partial charge in [-0.15, -0.1) is 0 Å². The largest absolute Gasteiger partial charge is 0.481 e. The number of rotatable bonds is 5. The van der Waals surface area contributed by atoms with E-state index in [0.29, 0.717) is 13.1 Å². The molecule has 4 rings (SSSR count). The quantitative estimate of drug-likeness (QED) is 0.855. The molecule has 0 aromatic heterocycles. The van der Waals surface area contributed by atoms with Crippen molar-refractivity contribution in [1.82, 2.24) is 9.80 Å². The number of aliphatic carboxylic acids is 1. The average molecular weight is 370 g/mol. The lowest BCUT2D eigenvalue weighted by molar-refractivity contribution is -0.151. The summed E-state index contributed by atoms with van der Waals surface area (Å²) in [5.41, 5.74) is 1.18. The van der Waals surface area contributed by atoms with Crippen molar-refractivity contribution in [2.75, 3.05) is 32.7 Å². The van der Waals surface area contributed by atoms with Gasteiger partial charge in [-0.1, -0.05) is 42.5 Å². The molecule has 3 saturated heterocycles. The van der Waals surface area contributed by atoms with Crippen LogP contribution in [0.25, 0.3) is 6.08 Å². The maximum Gasteiger partial charge on any atom is 0.310 e. The van der Waals surface area contributed by atoms with Gasteiger partial charge in [-0.05, 0) is 18.4 Å². The number of hydrogen-bond acceptors (Lipinski definition) is 4. The Morgan fingerprint density at radius 1 is 1.04 bits per heavy atom. The van der Waals surface area contributed by atoms with Crippen molar-refractivity contribution in [3.63, 3.8) is 0 Å². The molecule has 3 fully saturated rings. The smallest absolute Gasteiger partial charge is 0.310 e. The second kappa shape index (κ2) is 7.82. The monoisotopic (exact) mass is 370 g/mol. The van der Waals surface area contributed by atoms with Gasteiger partial charge in [-0.2, -0.15) is 0 Å². The highest BCUT2D eigenvalue weighted by Gasteiger charge is 2.56. The number of carbonyl (C=O) groups excluding carboxylic acids is 1. The predicted molar refractivity (Wildman–Crippen MR) is 101 cm³/mol. The van der Waals surface area contributed by atoms with Gasteiger partial charge in [0.1, 0.15) is 0 Å². The molecule has 6 nitrogen and oxygen atoms in total. The maximum absolute atomic E-state index is 13.0. The minimum Gasteiger partial charge on any atom is -0.481 e. The number of hydrogen-bond donors (Lipinski definition) is 1. The Morgan fingerprint density at radius 2 is 1.70 bits per heavy atom. The van der Waals surface area contributed by atoms with E-state index in [4.69, 9.17) is 4.74 Å². The van der Waals surface area contributed by atoms with Crippen LogP contribution in [-0.4, -0.2) is 71.7 Å². The number of benzene rings is 1. The first-order chi connectivity index (χ1) is 13.1. The molecule has 0 aliphatic carbocycles. The molecular weight excluding hydrogens is 344 g/mol. The molecule has 0 spiro atoms. The molecule has 0 radical (unpaired) electrons. The van der Waals surface area contributed by atoms with Gasteiger partial charge < -0.3 is 14.7 Å². The van der Waals surface area contributed by atoms with E-state index < -0.39 is 17.8 Å². The van der Waals surface area contributed by atoms with Gasteiger partial charge >= 0.3 is 5.97 Å². The molecule has 3 aliphatic heterocycles. The highest BCUT2D eigenvalue weighted by atomic mass is 16.5. The Balaban J connectivity index is 1.29. The Kier molecular flexibility index (Phi) is 5.27. The Hall–Kier alpha value is -2.18. The van der Waals surface area contributed by atoms with E-state index >= 15 is 0 Å². The molecule has 3 aliphatic rings. The van der Waals surface area contributed by atoms with Crippen molar-refractivity contribution >= 4 is 18.0 Å². The van der Waals surface area contributed by atoms with Crippen LogP contribution >= 0.6 is 0 Å². The van der Waals surface area contributed by atoms with Crippen molar-refractivity contribution in [1.29, 1.82) is 0 Å². The molecule has 0 saturated carbocycles. The fourth-order valence-electron chi connectivity index (χ4n) is 4.57. The van der Waals surface area contributed by atoms with Crippen LogP contribution in [-0.2, 0) is 14.3 Å². The third kappa shape index (κ3) is 3.77. The zero-order valence-corrected chi connectivity index (χ0v) is 15.4. The number of ether oxygens (including phenoxy) is 1. The third-order valence-electron chi connectivity index (χ3n) is 6.00. The molecule has 1 aromatic carbocycles. The Bertz CT molecular complexity index is 712. The average Bonchev–Trinajstić information content (AvgIpc) is 3.30. The van der Waals surface area contributed by atoms with Gasteiger partial charge in [0.2, 0.25) is 5.91 Å². The molecule has 6 heteroatoms. The summed E-state index contributed by atoms with van der Waals surface area (Å²) in [6, 6.07) is 10.2. The summed E-state index contributed by atoms with van der Waals surface area (Å²) in [5, 5.41) is 9.52. The first kappa shape index (κ1) is 18.2. The van der Waals surface area contributed by atoms with Crippen LogP contribution < -0.4 is 0 Å². The van der Waals surface area contributed by atoms with Crippen LogP contribution in [0.1, 0.15) is 18.4 Å². The van der Waals surface area contributed by atoms with Crippen LogP contribution in [0.2, 0.25) is 0 Å². The number of nitrogens with zero attached hydrogens (tertiary/aromatic N) is 2.